The van der Waals surface area contributed by atoms with Crippen molar-refractivity contribution in [1.82, 2.24) is 10.2 Å². The van der Waals surface area contributed by atoms with Gasteiger partial charge in [0, 0.05) is 5.69 Å². The molecule has 2 aromatic rings. The van der Waals surface area contributed by atoms with Gasteiger partial charge in [-0.15, -0.1) is 0 Å². The van der Waals surface area contributed by atoms with E-state index in [0.29, 0.717) is 5.69 Å². The first-order valence-corrected chi connectivity index (χ1v) is 8.94. The van der Waals surface area contributed by atoms with E-state index in [0.717, 1.165) is 22.4 Å². The maximum atomic E-state index is 12.7. The summed E-state index contributed by atoms with van der Waals surface area (Å²) >= 11 is 1.45. The number of carbonyl (C=O) groups is 3. The molecule has 0 radical (unpaired) electrons. The average molecular weight is 357 g/mol. The van der Waals surface area contributed by atoms with Crippen LogP contribution in [0.2, 0.25) is 0 Å². The Hall–Kier alpha value is -2.67. The molecule has 1 aliphatic heterocycles. The van der Waals surface area contributed by atoms with E-state index < -0.39 is 23.4 Å². The van der Waals surface area contributed by atoms with Crippen molar-refractivity contribution in [2.45, 2.75) is 25.8 Å². The minimum absolute atomic E-state index is 0.317. The van der Waals surface area contributed by atoms with Crippen molar-refractivity contribution < 1.29 is 14.4 Å². The maximum absolute atomic E-state index is 12.7. The average Bonchev–Trinajstić information content (AvgIpc) is 3.20. The number of nitrogens with zero attached hydrogens (tertiary/aromatic N) is 1. The molecule has 1 fully saturated rings. The smallest absolute Gasteiger partial charge is 0.324 e. The van der Waals surface area contributed by atoms with Crippen molar-refractivity contribution >= 4 is 34.9 Å². The number of nitrogens with one attached hydrogen (secondary N) is 2. The van der Waals surface area contributed by atoms with Gasteiger partial charge in [0.05, 0.1) is 0 Å². The van der Waals surface area contributed by atoms with Gasteiger partial charge in [-0.05, 0) is 47.4 Å². The van der Waals surface area contributed by atoms with E-state index in [1.807, 2.05) is 35.9 Å². The molecule has 0 bridgehead atoms. The lowest BCUT2D eigenvalue weighted by Gasteiger charge is -2.20. The zero-order chi connectivity index (χ0) is 18.0. The quantitative estimate of drug-likeness (QED) is 0.808. The van der Waals surface area contributed by atoms with Crippen molar-refractivity contribution in [3.05, 3.63) is 52.2 Å². The fraction of sp³-hybridized carbons (Fsp3) is 0.278. The molecule has 2 N–H and O–H groups in total. The highest BCUT2D eigenvalue weighted by Crippen LogP contribution is 2.30. The first-order valence-electron chi connectivity index (χ1n) is 8.00. The Kier molecular flexibility index (Phi) is 4.59. The molecule has 25 heavy (non-hydrogen) atoms. The number of hydrogen-bond acceptors (Lipinski definition) is 4. The fourth-order valence-corrected chi connectivity index (χ4v) is 3.63. The molecule has 1 unspecified atom stereocenters. The highest BCUT2D eigenvalue weighted by molar-refractivity contribution is 7.08. The van der Waals surface area contributed by atoms with Crippen LogP contribution >= 0.6 is 11.3 Å². The normalized spacial score (nSPS) is 19.8. The predicted molar refractivity (Wildman–Crippen MR) is 96.4 cm³/mol. The summed E-state index contributed by atoms with van der Waals surface area (Å²) < 4.78 is 0. The van der Waals surface area contributed by atoms with Crippen LogP contribution in [0.3, 0.4) is 0 Å². The summed E-state index contributed by atoms with van der Waals surface area (Å²) in [6.45, 7) is 3.33. The van der Waals surface area contributed by atoms with Gasteiger partial charge < -0.3 is 10.6 Å². The van der Waals surface area contributed by atoms with Crippen LogP contribution in [0.4, 0.5) is 10.5 Å². The molecule has 1 aromatic carbocycles. The minimum Gasteiger partial charge on any atom is -0.324 e. The van der Waals surface area contributed by atoms with Gasteiger partial charge in [-0.25, -0.2) is 4.79 Å². The summed E-state index contributed by atoms with van der Waals surface area (Å²) in [5, 5.41) is 9.13. The van der Waals surface area contributed by atoms with E-state index in [-0.39, 0.29) is 6.54 Å². The Labute approximate surface area is 149 Å². The number of thiophene rings is 1. The highest BCUT2D eigenvalue weighted by atomic mass is 32.1. The first kappa shape index (κ1) is 17.2. The maximum Gasteiger partial charge on any atom is 0.325 e. The SMILES string of the molecule is CCc1ccccc1NC(=O)CN1C(=O)NC(C)(c2ccsc2)C1=O. The van der Waals surface area contributed by atoms with Gasteiger partial charge in [-0.1, -0.05) is 25.1 Å². The van der Waals surface area contributed by atoms with Crippen LogP contribution in [0.15, 0.2) is 41.1 Å². The van der Waals surface area contributed by atoms with Crippen LogP contribution in [-0.2, 0) is 21.5 Å². The molecule has 2 heterocycles. The number of amides is 4. The number of para-hydroxylation sites is 1. The van der Waals surface area contributed by atoms with Gasteiger partial charge in [0.1, 0.15) is 12.1 Å². The van der Waals surface area contributed by atoms with Crippen LogP contribution in [0.1, 0.15) is 25.0 Å². The third-order valence-electron chi connectivity index (χ3n) is 4.35. The zero-order valence-electron chi connectivity index (χ0n) is 14.0. The second-order valence-electron chi connectivity index (χ2n) is 6.02. The Bertz CT molecular complexity index is 819. The van der Waals surface area contributed by atoms with Crippen molar-refractivity contribution in [2.75, 3.05) is 11.9 Å². The number of carbonyl (C=O) groups excluding carboxylic acids is 3. The van der Waals surface area contributed by atoms with Gasteiger partial charge in [0.2, 0.25) is 5.91 Å². The molecule has 1 aromatic heterocycles. The first-order chi connectivity index (χ1) is 12.0. The summed E-state index contributed by atoms with van der Waals surface area (Å²) in [5.41, 5.74) is 1.28. The number of hydrogen-bond donors (Lipinski definition) is 2. The lowest BCUT2D eigenvalue weighted by molar-refractivity contribution is -0.133. The third-order valence-corrected chi connectivity index (χ3v) is 5.03. The van der Waals surface area contributed by atoms with E-state index in [4.69, 9.17) is 0 Å². The van der Waals surface area contributed by atoms with Crippen molar-refractivity contribution in [3.8, 4) is 0 Å². The molecule has 130 valence electrons. The van der Waals surface area contributed by atoms with E-state index in [1.54, 1.807) is 19.1 Å². The molecular formula is C18H19N3O3S. The van der Waals surface area contributed by atoms with Crippen LogP contribution < -0.4 is 10.6 Å². The summed E-state index contributed by atoms with van der Waals surface area (Å²) in [6.07, 6.45) is 0.774. The van der Waals surface area contributed by atoms with Gasteiger partial charge in [-0.3, -0.25) is 14.5 Å². The topological polar surface area (TPSA) is 78.5 Å². The molecule has 3 rings (SSSR count). The van der Waals surface area contributed by atoms with Crippen LogP contribution in [-0.4, -0.2) is 29.3 Å². The summed E-state index contributed by atoms with van der Waals surface area (Å²) in [6, 6.07) is 8.70. The van der Waals surface area contributed by atoms with Crippen LogP contribution in [0, 0.1) is 0 Å². The van der Waals surface area contributed by atoms with E-state index in [9.17, 15) is 14.4 Å². The minimum atomic E-state index is -1.13. The second kappa shape index (κ2) is 6.68. The highest BCUT2D eigenvalue weighted by Gasteiger charge is 2.49. The zero-order valence-corrected chi connectivity index (χ0v) is 14.9. The van der Waals surface area contributed by atoms with Gasteiger partial charge in [0.15, 0.2) is 0 Å². The lowest BCUT2D eigenvalue weighted by atomic mass is 9.95. The monoisotopic (exact) mass is 357 g/mol. The predicted octanol–water partition coefficient (Wildman–Crippen LogP) is 2.72. The summed E-state index contributed by atoms with van der Waals surface area (Å²) in [7, 11) is 0. The Morgan fingerprint density at radius 1 is 1.28 bits per heavy atom. The van der Waals surface area contributed by atoms with Gasteiger partial charge >= 0.3 is 6.03 Å². The fourth-order valence-electron chi connectivity index (χ4n) is 2.87. The molecular weight excluding hydrogens is 338 g/mol. The van der Waals surface area contributed by atoms with Gasteiger partial charge in [0.25, 0.3) is 5.91 Å². The summed E-state index contributed by atoms with van der Waals surface area (Å²) in [5.74, 6) is -0.825. The number of imide groups is 1. The van der Waals surface area contributed by atoms with Crippen LogP contribution in [0.5, 0.6) is 0 Å². The lowest BCUT2D eigenvalue weighted by Crippen LogP contribution is -2.41. The largest absolute Gasteiger partial charge is 0.325 e. The van der Waals surface area contributed by atoms with E-state index in [1.165, 1.54) is 11.3 Å². The Morgan fingerprint density at radius 2 is 2.04 bits per heavy atom. The van der Waals surface area contributed by atoms with Crippen molar-refractivity contribution in [3.63, 3.8) is 0 Å². The molecule has 0 spiro atoms. The number of rotatable bonds is 5. The molecule has 7 heteroatoms. The molecule has 6 nitrogen and oxygen atoms in total. The third kappa shape index (κ3) is 3.15. The molecule has 1 aliphatic rings. The van der Waals surface area contributed by atoms with Crippen LogP contribution in [0.25, 0.3) is 0 Å². The standard InChI is InChI=1S/C18H19N3O3S/c1-3-12-6-4-5-7-14(12)19-15(22)10-21-16(23)18(2,20-17(21)24)13-8-9-25-11-13/h4-9,11H,3,10H2,1-2H3,(H,19,22)(H,20,24). The van der Waals surface area contributed by atoms with E-state index >= 15 is 0 Å². The number of anilines is 1. The second-order valence-corrected chi connectivity index (χ2v) is 6.80. The molecule has 0 saturated carbocycles. The van der Waals surface area contributed by atoms with Crippen molar-refractivity contribution in [1.29, 1.82) is 0 Å². The molecule has 1 saturated heterocycles. The molecule has 4 amide bonds. The van der Waals surface area contributed by atoms with E-state index in [2.05, 4.69) is 10.6 Å². The van der Waals surface area contributed by atoms with Gasteiger partial charge in [-0.2, -0.15) is 11.3 Å². The number of urea groups is 1. The Balaban J connectivity index is 1.73. The number of aryl methyl sites for hydroxylation is 1. The Morgan fingerprint density at radius 3 is 2.72 bits per heavy atom. The molecule has 1 atom stereocenters. The molecule has 0 aliphatic carbocycles. The van der Waals surface area contributed by atoms with Crippen molar-refractivity contribution in [2.24, 2.45) is 0 Å². The summed E-state index contributed by atoms with van der Waals surface area (Å²) in [4.78, 5) is 38.2. The number of benzene rings is 1.